The van der Waals surface area contributed by atoms with Crippen LogP contribution >= 0.6 is 0 Å². The van der Waals surface area contributed by atoms with Crippen molar-refractivity contribution in [2.24, 2.45) is 0 Å². The minimum atomic E-state index is -3.18. The summed E-state index contributed by atoms with van der Waals surface area (Å²) >= 11 is 0. The van der Waals surface area contributed by atoms with E-state index in [2.05, 4.69) is 24.1 Å². The van der Waals surface area contributed by atoms with Gasteiger partial charge in [0.2, 0.25) is 5.91 Å². The molecule has 0 saturated carbocycles. The summed E-state index contributed by atoms with van der Waals surface area (Å²) in [6, 6.07) is 7.39. The molecule has 1 N–H and O–H groups in total. The van der Waals surface area contributed by atoms with Crippen LogP contribution in [0.15, 0.2) is 29.2 Å². The van der Waals surface area contributed by atoms with E-state index >= 15 is 0 Å². The van der Waals surface area contributed by atoms with Gasteiger partial charge in [0.25, 0.3) is 0 Å². The summed E-state index contributed by atoms with van der Waals surface area (Å²) in [6.07, 6.45) is 4.36. The van der Waals surface area contributed by atoms with Gasteiger partial charge in [0.1, 0.15) is 0 Å². The first-order chi connectivity index (χ1) is 16.3. The van der Waals surface area contributed by atoms with Crippen LogP contribution in [0.5, 0.6) is 0 Å². The lowest BCUT2D eigenvalue weighted by molar-refractivity contribution is -0.130. The molecule has 1 saturated heterocycles. The molecule has 1 fully saturated rings. The molecule has 8 nitrogen and oxygen atoms in total. The first-order valence-electron chi connectivity index (χ1n) is 12.7. The van der Waals surface area contributed by atoms with Crippen molar-refractivity contribution < 1.29 is 18.0 Å². The second kappa shape index (κ2) is 12.7. The van der Waals surface area contributed by atoms with E-state index < -0.39 is 9.84 Å². The van der Waals surface area contributed by atoms with Gasteiger partial charge in [0.05, 0.1) is 4.90 Å². The van der Waals surface area contributed by atoms with Crippen molar-refractivity contribution in [3.8, 4) is 0 Å². The van der Waals surface area contributed by atoms with Crippen molar-refractivity contribution >= 4 is 21.8 Å². The Kier molecular flexibility index (Phi) is 10.6. The van der Waals surface area contributed by atoms with Crippen LogP contribution in [0.25, 0.3) is 0 Å². The largest absolute Gasteiger partial charge is 0.341 e. The normalized spacial score (nSPS) is 16.4. The van der Waals surface area contributed by atoms with Crippen molar-refractivity contribution in [2.45, 2.75) is 76.8 Å². The van der Waals surface area contributed by atoms with Gasteiger partial charge in [0.15, 0.2) is 9.84 Å². The number of nitrogens with zero attached hydrogens (tertiary/aromatic N) is 3. The maximum Gasteiger partial charge on any atom is 0.317 e. The Morgan fingerprint density at radius 3 is 2.34 bits per heavy atom. The zero-order valence-electron chi connectivity index (χ0n) is 22.3. The monoisotopic (exact) mass is 508 g/mol. The molecule has 2 rings (SSSR count). The van der Waals surface area contributed by atoms with Gasteiger partial charge in [-0.05, 0) is 77.7 Å². The lowest BCUT2D eigenvalue weighted by atomic mass is 10.1. The quantitative estimate of drug-likeness (QED) is 0.491. The minimum Gasteiger partial charge on any atom is -0.341 e. The topological polar surface area (TPSA) is 90.0 Å². The molecule has 35 heavy (non-hydrogen) atoms. The lowest BCUT2D eigenvalue weighted by Crippen LogP contribution is -2.49. The molecule has 3 amide bonds. The Morgan fingerprint density at radius 1 is 1.11 bits per heavy atom. The molecule has 0 radical (unpaired) electrons. The predicted molar refractivity (Wildman–Crippen MR) is 140 cm³/mol. The van der Waals surface area contributed by atoms with E-state index in [1.165, 1.54) is 6.26 Å². The molecular weight excluding hydrogens is 464 g/mol. The molecule has 1 heterocycles. The van der Waals surface area contributed by atoms with Crippen LogP contribution < -0.4 is 5.32 Å². The molecule has 0 aliphatic carbocycles. The lowest BCUT2D eigenvalue weighted by Gasteiger charge is -2.29. The van der Waals surface area contributed by atoms with Crippen LogP contribution in [0, 0.1) is 0 Å². The van der Waals surface area contributed by atoms with E-state index in [1.54, 1.807) is 17.0 Å². The Balaban J connectivity index is 1.78. The minimum absolute atomic E-state index is 0.106. The fourth-order valence-electron chi connectivity index (χ4n) is 4.36. The zero-order valence-corrected chi connectivity index (χ0v) is 23.2. The maximum atomic E-state index is 12.6. The van der Waals surface area contributed by atoms with Crippen molar-refractivity contribution in [3.63, 3.8) is 0 Å². The Hall–Kier alpha value is -2.13. The fourth-order valence-corrected chi connectivity index (χ4v) is 4.99. The summed E-state index contributed by atoms with van der Waals surface area (Å²) in [5, 5.41) is 2.98. The van der Waals surface area contributed by atoms with Gasteiger partial charge in [-0.1, -0.05) is 19.1 Å². The molecule has 9 heteroatoms. The summed E-state index contributed by atoms with van der Waals surface area (Å²) in [5.74, 6) is 0.120. The molecule has 0 aromatic heterocycles. The van der Waals surface area contributed by atoms with Gasteiger partial charge >= 0.3 is 6.03 Å². The van der Waals surface area contributed by atoms with Gasteiger partial charge < -0.3 is 20.0 Å². The number of carbonyl (C=O) groups is 2. The first-order valence-corrected chi connectivity index (χ1v) is 14.6. The third-order valence-electron chi connectivity index (χ3n) is 6.39. The highest BCUT2D eigenvalue weighted by molar-refractivity contribution is 7.90. The van der Waals surface area contributed by atoms with E-state index in [1.807, 2.05) is 37.8 Å². The number of carbonyl (C=O) groups excluding carboxylic acids is 2. The SMILES string of the molecule is CCN(CCCCN1CCN(C(=O)NC(C)(C)C)CCC1=O)C(C)Cc1ccc(S(C)(=O)=O)cc1. The molecule has 1 unspecified atom stereocenters. The fraction of sp³-hybridized carbons (Fsp3) is 0.692. The Morgan fingerprint density at radius 2 is 1.77 bits per heavy atom. The Bertz CT molecular complexity index is 941. The van der Waals surface area contributed by atoms with Crippen LogP contribution in [0.2, 0.25) is 0 Å². The number of hydrogen-bond donors (Lipinski definition) is 1. The summed E-state index contributed by atoms with van der Waals surface area (Å²) in [5.41, 5.74) is 0.827. The van der Waals surface area contributed by atoms with Crippen LogP contribution in [0.4, 0.5) is 4.79 Å². The highest BCUT2D eigenvalue weighted by Crippen LogP contribution is 2.15. The second-order valence-electron chi connectivity index (χ2n) is 10.6. The zero-order chi connectivity index (χ0) is 26.2. The smallest absolute Gasteiger partial charge is 0.317 e. The van der Waals surface area contributed by atoms with Crippen LogP contribution in [0.1, 0.15) is 59.4 Å². The third kappa shape index (κ3) is 9.80. The molecular formula is C26H44N4O4S. The summed E-state index contributed by atoms with van der Waals surface area (Å²) < 4.78 is 23.3. The number of unbranched alkanes of at least 4 members (excludes halogenated alkanes) is 1. The summed E-state index contributed by atoms with van der Waals surface area (Å²) in [4.78, 5) is 31.4. The van der Waals surface area contributed by atoms with Crippen molar-refractivity contribution in [1.29, 1.82) is 0 Å². The van der Waals surface area contributed by atoms with Gasteiger partial charge in [-0.15, -0.1) is 0 Å². The number of likely N-dealkylation sites (N-methyl/N-ethyl adjacent to an activating group) is 1. The van der Waals surface area contributed by atoms with Crippen LogP contribution in [-0.2, 0) is 21.1 Å². The van der Waals surface area contributed by atoms with E-state index in [-0.39, 0.29) is 17.5 Å². The van der Waals surface area contributed by atoms with E-state index in [9.17, 15) is 18.0 Å². The van der Waals surface area contributed by atoms with Crippen LogP contribution in [0.3, 0.4) is 0 Å². The molecule has 198 valence electrons. The molecule has 1 atom stereocenters. The number of nitrogens with one attached hydrogen (secondary N) is 1. The van der Waals surface area contributed by atoms with Crippen molar-refractivity contribution in [2.75, 3.05) is 45.5 Å². The van der Waals surface area contributed by atoms with E-state index in [0.717, 1.165) is 37.9 Å². The maximum absolute atomic E-state index is 12.6. The summed E-state index contributed by atoms with van der Waals surface area (Å²) in [6.45, 7) is 14.4. The number of benzene rings is 1. The predicted octanol–water partition coefficient (Wildman–Crippen LogP) is 3.17. The highest BCUT2D eigenvalue weighted by Gasteiger charge is 2.25. The average molecular weight is 509 g/mol. The molecule has 0 spiro atoms. The number of hydrogen-bond acceptors (Lipinski definition) is 5. The number of sulfone groups is 1. The van der Waals surface area contributed by atoms with E-state index in [0.29, 0.717) is 43.5 Å². The standard InChI is InChI=1S/C26H44N4O4S/c1-7-28(21(2)20-22-10-12-23(13-11-22)35(6,33)34)15-8-9-16-29-18-19-30(17-14-24(29)31)25(32)27-26(3,4)5/h10-13,21H,7-9,14-20H2,1-6H3,(H,27,32). The van der Waals surface area contributed by atoms with Crippen molar-refractivity contribution in [1.82, 2.24) is 20.0 Å². The molecule has 1 aromatic rings. The molecule has 0 bridgehead atoms. The second-order valence-corrected chi connectivity index (χ2v) is 12.6. The number of urea groups is 1. The van der Waals surface area contributed by atoms with Gasteiger partial charge in [0, 0.05) is 50.4 Å². The van der Waals surface area contributed by atoms with Crippen LogP contribution in [-0.4, -0.2) is 92.2 Å². The van der Waals surface area contributed by atoms with Gasteiger partial charge in [-0.25, -0.2) is 13.2 Å². The molecule has 1 aromatic carbocycles. The number of amides is 3. The van der Waals surface area contributed by atoms with Gasteiger partial charge in [-0.2, -0.15) is 0 Å². The van der Waals surface area contributed by atoms with E-state index in [4.69, 9.17) is 0 Å². The third-order valence-corrected chi connectivity index (χ3v) is 7.52. The number of rotatable bonds is 10. The highest BCUT2D eigenvalue weighted by atomic mass is 32.2. The average Bonchev–Trinajstić information content (AvgIpc) is 2.94. The molecule has 1 aliphatic rings. The molecule has 1 aliphatic heterocycles. The van der Waals surface area contributed by atoms with Gasteiger partial charge in [-0.3, -0.25) is 4.79 Å². The van der Waals surface area contributed by atoms with Crippen molar-refractivity contribution in [3.05, 3.63) is 29.8 Å². The first kappa shape index (κ1) is 29.1. The summed E-state index contributed by atoms with van der Waals surface area (Å²) in [7, 11) is -3.18. The Labute approximate surface area is 212 Å².